The van der Waals surface area contributed by atoms with Crippen molar-refractivity contribution >= 4 is 11.8 Å². The molecule has 1 aromatic rings. The number of rotatable bonds is 7. The third-order valence-corrected chi connectivity index (χ3v) is 3.59. The zero-order chi connectivity index (χ0) is 18.5. The third kappa shape index (κ3) is 4.26. The molecule has 1 unspecified atom stereocenters. The van der Waals surface area contributed by atoms with Gasteiger partial charge >= 0.3 is 5.97 Å². The molecule has 6 heteroatoms. The highest BCUT2D eigenvalue weighted by Gasteiger charge is 2.45. The first kappa shape index (κ1) is 20.0. The van der Waals surface area contributed by atoms with Gasteiger partial charge in [0.15, 0.2) is 17.3 Å². The number of ether oxygens (including phenoxy) is 3. The lowest BCUT2D eigenvalue weighted by molar-refractivity contribution is -0.163. The summed E-state index contributed by atoms with van der Waals surface area (Å²) < 4.78 is 16.2. The van der Waals surface area contributed by atoms with Crippen LogP contribution in [0.2, 0.25) is 0 Å². The first-order valence-corrected chi connectivity index (χ1v) is 7.88. The van der Waals surface area contributed by atoms with Crippen molar-refractivity contribution in [2.24, 2.45) is 5.73 Å². The van der Waals surface area contributed by atoms with Crippen molar-refractivity contribution in [1.29, 1.82) is 0 Å². The van der Waals surface area contributed by atoms with E-state index < -0.39 is 22.8 Å². The van der Waals surface area contributed by atoms with Gasteiger partial charge in [0.2, 0.25) is 0 Å². The van der Waals surface area contributed by atoms with Crippen LogP contribution < -0.4 is 15.2 Å². The molecule has 134 valence electrons. The number of nitrogens with two attached hydrogens (primary N) is 1. The highest BCUT2D eigenvalue weighted by molar-refractivity contribution is 6.10. The number of hydrogen-bond acceptors (Lipinski definition) is 6. The fourth-order valence-electron chi connectivity index (χ4n) is 2.23. The number of carbonyl (C=O) groups excluding carboxylic acids is 2. The number of hydrogen-bond donors (Lipinski definition) is 1. The van der Waals surface area contributed by atoms with E-state index in [2.05, 4.69) is 0 Å². The zero-order valence-corrected chi connectivity index (χ0v) is 15.3. The van der Waals surface area contributed by atoms with Crippen LogP contribution in [0, 0.1) is 0 Å². The molecule has 0 aromatic heterocycles. The minimum absolute atomic E-state index is 0.272. The Balaban J connectivity index is 3.43. The summed E-state index contributed by atoms with van der Waals surface area (Å²) in [6.07, 6.45) is 0. The molecule has 24 heavy (non-hydrogen) atoms. The minimum atomic E-state index is -1.51. The molecule has 0 radical (unpaired) electrons. The molecule has 0 saturated heterocycles. The van der Waals surface area contributed by atoms with Gasteiger partial charge in [0, 0.05) is 0 Å². The number of esters is 1. The number of methoxy groups -OCH3 is 1. The summed E-state index contributed by atoms with van der Waals surface area (Å²) in [4.78, 5) is 25.2. The Bertz CT molecular complexity index is 606. The van der Waals surface area contributed by atoms with E-state index in [1.165, 1.54) is 14.0 Å². The number of ketones is 1. The Morgan fingerprint density at radius 1 is 1.12 bits per heavy atom. The van der Waals surface area contributed by atoms with Gasteiger partial charge in [-0.25, -0.2) is 0 Å². The molecule has 0 aliphatic rings. The second-order valence-electron chi connectivity index (χ2n) is 6.55. The van der Waals surface area contributed by atoms with Gasteiger partial charge in [0.05, 0.1) is 20.3 Å². The molecule has 0 aliphatic carbocycles. The molecule has 6 nitrogen and oxygen atoms in total. The Hall–Kier alpha value is -2.08. The van der Waals surface area contributed by atoms with Crippen molar-refractivity contribution in [3.05, 3.63) is 23.8 Å². The van der Waals surface area contributed by atoms with Gasteiger partial charge in [0.1, 0.15) is 11.0 Å². The van der Waals surface area contributed by atoms with Crippen molar-refractivity contribution in [3.8, 4) is 11.5 Å². The molecule has 0 fully saturated rings. The Labute approximate surface area is 143 Å². The summed E-state index contributed by atoms with van der Waals surface area (Å²) in [5.41, 5.74) is 3.76. The average Bonchev–Trinajstić information content (AvgIpc) is 2.51. The van der Waals surface area contributed by atoms with E-state index in [0.29, 0.717) is 23.7 Å². The van der Waals surface area contributed by atoms with E-state index in [9.17, 15) is 9.59 Å². The normalized spacial score (nSPS) is 13.8. The number of carbonyl (C=O) groups is 2. The van der Waals surface area contributed by atoms with Gasteiger partial charge in [-0.05, 0) is 52.3 Å². The zero-order valence-electron chi connectivity index (χ0n) is 15.3. The van der Waals surface area contributed by atoms with Gasteiger partial charge in [-0.1, -0.05) is 6.07 Å². The lowest BCUT2D eigenvalue weighted by Gasteiger charge is -2.30. The molecule has 1 atom stereocenters. The fourth-order valence-corrected chi connectivity index (χ4v) is 2.23. The van der Waals surface area contributed by atoms with Crippen molar-refractivity contribution in [1.82, 2.24) is 0 Å². The second-order valence-corrected chi connectivity index (χ2v) is 6.55. The molecule has 0 saturated carbocycles. The standard InChI is InChI=1S/C18H27NO5/c1-7-23-14-10-12(8-9-13(14)22-6)18(5,15(20)11-19)16(21)24-17(2,3)4/h8-10H,7,11,19H2,1-6H3. The van der Waals surface area contributed by atoms with Gasteiger partial charge in [0.25, 0.3) is 0 Å². The van der Waals surface area contributed by atoms with Crippen LogP contribution in [-0.2, 0) is 19.7 Å². The lowest BCUT2D eigenvalue weighted by Crippen LogP contribution is -2.47. The van der Waals surface area contributed by atoms with Crippen molar-refractivity contribution in [2.75, 3.05) is 20.3 Å². The monoisotopic (exact) mass is 337 g/mol. The van der Waals surface area contributed by atoms with Crippen LogP contribution in [0.25, 0.3) is 0 Å². The van der Waals surface area contributed by atoms with E-state index >= 15 is 0 Å². The van der Waals surface area contributed by atoms with Crippen LogP contribution in [0.5, 0.6) is 11.5 Å². The summed E-state index contributed by atoms with van der Waals surface area (Å²) in [6, 6.07) is 4.94. The Kier molecular flexibility index (Phi) is 6.37. The van der Waals surface area contributed by atoms with Gasteiger partial charge in [-0.2, -0.15) is 0 Å². The maximum absolute atomic E-state index is 12.7. The van der Waals surface area contributed by atoms with Crippen molar-refractivity contribution < 1.29 is 23.8 Å². The van der Waals surface area contributed by atoms with Gasteiger partial charge in [-0.15, -0.1) is 0 Å². The summed E-state index contributed by atoms with van der Waals surface area (Å²) in [5, 5.41) is 0. The van der Waals surface area contributed by atoms with Crippen LogP contribution in [-0.4, -0.2) is 37.6 Å². The van der Waals surface area contributed by atoms with Crippen LogP contribution >= 0.6 is 0 Å². The summed E-state index contributed by atoms with van der Waals surface area (Å²) >= 11 is 0. The predicted molar refractivity (Wildman–Crippen MR) is 91.4 cm³/mol. The lowest BCUT2D eigenvalue weighted by atomic mass is 9.78. The molecule has 0 heterocycles. The predicted octanol–water partition coefficient (Wildman–Crippen LogP) is 2.22. The minimum Gasteiger partial charge on any atom is -0.493 e. The topological polar surface area (TPSA) is 87.9 Å². The van der Waals surface area contributed by atoms with Gasteiger partial charge < -0.3 is 19.9 Å². The second kappa shape index (κ2) is 7.66. The number of benzene rings is 1. The molecule has 0 bridgehead atoms. The maximum atomic E-state index is 12.7. The van der Waals surface area contributed by atoms with E-state index in [4.69, 9.17) is 19.9 Å². The van der Waals surface area contributed by atoms with Crippen LogP contribution in [0.1, 0.15) is 40.2 Å². The molecule has 0 aliphatic heterocycles. The molecular weight excluding hydrogens is 310 g/mol. The SMILES string of the molecule is CCOc1cc(C(C)(C(=O)CN)C(=O)OC(C)(C)C)ccc1OC. The first-order chi connectivity index (χ1) is 11.1. The van der Waals surface area contributed by atoms with E-state index in [1.54, 1.807) is 39.0 Å². The smallest absolute Gasteiger partial charge is 0.324 e. The fraction of sp³-hybridized carbons (Fsp3) is 0.556. The molecule has 0 spiro atoms. The van der Waals surface area contributed by atoms with E-state index in [0.717, 1.165) is 0 Å². The van der Waals surface area contributed by atoms with Crippen LogP contribution in [0.4, 0.5) is 0 Å². The summed E-state index contributed by atoms with van der Waals surface area (Å²) in [6.45, 7) is 8.76. The highest BCUT2D eigenvalue weighted by atomic mass is 16.6. The average molecular weight is 337 g/mol. The molecule has 2 N–H and O–H groups in total. The van der Waals surface area contributed by atoms with Crippen molar-refractivity contribution in [3.63, 3.8) is 0 Å². The maximum Gasteiger partial charge on any atom is 0.324 e. The quantitative estimate of drug-likeness (QED) is 0.606. The largest absolute Gasteiger partial charge is 0.493 e. The Morgan fingerprint density at radius 2 is 1.75 bits per heavy atom. The van der Waals surface area contributed by atoms with E-state index in [1.807, 2.05) is 6.92 Å². The van der Waals surface area contributed by atoms with Crippen LogP contribution in [0.15, 0.2) is 18.2 Å². The number of Topliss-reactive ketones (excluding diaryl/α,β-unsaturated/α-hetero) is 1. The van der Waals surface area contributed by atoms with Crippen molar-refractivity contribution in [2.45, 2.75) is 45.6 Å². The molecule has 0 amide bonds. The van der Waals surface area contributed by atoms with Gasteiger partial charge in [-0.3, -0.25) is 9.59 Å². The molecular formula is C18H27NO5. The summed E-state index contributed by atoms with van der Waals surface area (Å²) in [5.74, 6) is -0.0909. The molecule has 1 aromatic carbocycles. The highest BCUT2D eigenvalue weighted by Crippen LogP contribution is 2.35. The summed E-state index contributed by atoms with van der Waals surface area (Å²) in [7, 11) is 1.52. The Morgan fingerprint density at radius 3 is 2.21 bits per heavy atom. The van der Waals surface area contributed by atoms with Crippen LogP contribution in [0.3, 0.4) is 0 Å². The third-order valence-electron chi connectivity index (χ3n) is 3.59. The van der Waals surface area contributed by atoms with E-state index in [-0.39, 0.29) is 6.54 Å². The molecule has 1 rings (SSSR count). The first-order valence-electron chi connectivity index (χ1n) is 7.88.